The summed E-state index contributed by atoms with van der Waals surface area (Å²) in [6.07, 6.45) is 17.3. The van der Waals surface area contributed by atoms with E-state index in [1.54, 1.807) is 12.1 Å². The van der Waals surface area contributed by atoms with E-state index in [-0.39, 0.29) is 17.7 Å². The van der Waals surface area contributed by atoms with Crippen LogP contribution in [-0.2, 0) is 4.79 Å². The van der Waals surface area contributed by atoms with Gasteiger partial charge in [0.05, 0.1) is 5.92 Å². The van der Waals surface area contributed by atoms with Gasteiger partial charge in [-0.1, -0.05) is 31.8 Å². The molecule has 30 heavy (non-hydrogen) atoms. The highest BCUT2D eigenvalue weighted by Gasteiger charge is 2.43. The monoisotopic (exact) mass is 412 g/mol. The Hall–Kier alpha value is -1.64. The smallest absolute Gasteiger partial charge is 0.314 e. The molecule has 4 unspecified atom stereocenters. The molecule has 0 heterocycles. The van der Waals surface area contributed by atoms with E-state index in [1.165, 1.54) is 69.9 Å². The second kappa shape index (κ2) is 10.1. The first-order valence-corrected chi connectivity index (χ1v) is 12.2. The molecule has 0 bridgehead atoms. The minimum absolute atomic E-state index is 0.0180. The highest BCUT2D eigenvalue weighted by Crippen LogP contribution is 2.50. The number of hydrogen-bond donors (Lipinski definition) is 0. The zero-order valence-corrected chi connectivity index (χ0v) is 18.2. The Morgan fingerprint density at radius 1 is 0.967 bits per heavy atom. The zero-order valence-electron chi connectivity index (χ0n) is 18.2. The SMILES string of the molecule is C=CCCC1CCC(C2CCC3C(CCCC3C(=O)Oc3ccc(F)cc3)C2)CC1. The molecule has 164 valence electrons. The van der Waals surface area contributed by atoms with E-state index < -0.39 is 0 Å². The van der Waals surface area contributed by atoms with Gasteiger partial charge in [0.15, 0.2) is 0 Å². The number of ether oxygens (including phenoxy) is 1. The van der Waals surface area contributed by atoms with Crippen molar-refractivity contribution in [2.75, 3.05) is 0 Å². The van der Waals surface area contributed by atoms with Gasteiger partial charge in [-0.25, -0.2) is 4.39 Å². The van der Waals surface area contributed by atoms with Crippen molar-refractivity contribution >= 4 is 5.97 Å². The Balaban J connectivity index is 1.30. The first-order chi connectivity index (χ1) is 14.6. The fourth-order valence-electron chi connectivity index (χ4n) is 6.72. The van der Waals surface area contributed by atoms with Gasteiger partial charge >= 0.3 is 5.97 Å². The predicted octanol–water partition coefficient (Wildman–Crippen LogP) is 7.34. The molecule has 0 saturated heterocycles. The third kappa shape index (κ3) is 5.15. The van der Waals surface area contributed by atoms with Crippen LogP contribution < -0.4 is 4.74 Å². The summed E-state index contributed by atoms with van der Waals surface area (Å²) in [4.78, 5) is 12.9. The van der Waals surface area contributed by atoms with Gasteiger partial charge < -0.3 is 4.74 Å². The first-order valence-electron chi connectivity index (χ1n) is 12.2. The molecule has 0 spiro atoms. The Bertz CT molecular complexity index is 704. The molecule has 0 aliphatic heterocycles. The molecule has 3 saturated carbocycles. The fraction of sp³-hybridized carbons (Fsp3) is 0.667. The largest absolute Gasteiger partial charge is 0.426 e. The molecule has 4 atom stereocenters. The van der Waals surface area contributed by atoms with Crippen LogP contribution in [0.4, 0.5) is 4.39 Å². The summed E-state index contributed by atoms with van der Waals surface area (Å²) in [6.45, 7) is 3.87. The molecule has 0 N–H and O–H groups in total. The topological polar surface area (TPSA) is 26.3 Å². The quantitative estimate of drug-likeness (QED) is 0.278. The minimum Gasteiger partial charge on any atom is -0.426 e. The van der Waals surface area contributed by atoms with E-state index in [1.807, 2.05) is 0 Å². The maximum atomic E-state index is 13.1. The molecular formula is C27H37FO2. The van der Waals surface area contributed by atoms with Gasteiger partial charge in [0, 0.05) is 0 Å². The number of carbonyl (C=O) groups excluding carboxylic acids is 1. The van der Waals surface area contributed by atoms with Crippen LogP contribution in [-0.4, -0.2) is 5.97 Å². The fourth-order valence-corrected chi connectivity index (χ4v) is 6.72. The lowest BCUT2D eigenvalue weighted by atomic mass is 9.59. The van der Waals surface area contributed by atoms with Crippen molar-refractivity contribution < 1.29 is 13.9 Å². The molecule has 2 nitrogen and oxygen atoms in total. The number of benzene rings is 1. The minimum atomic E-state index is -0.305. The van der Waals surface area contributed by atoms with Gasteiger partial charge in [-0.3, -0.25) is 4.79 Å². The third-order valence-corrected chi connectivity index (χ3v) is 8.36. The zero-order chi connectivity index (χ0) is 20.9. The van der Waals surface area contributed by atoms with Crippen LogP contribution in [0.1, 0.15) is 77.0 Å². The van der Waals surface area contributed by atoms with Gasteiger partial charge in [0.25, 0.3) is 0 Å². The van der Waals surface area contributed by atoms with Gasteiger partial charge in [0.2, 0.25) is 0 Å². The number of carbonyl (C=O) groups is 1. The molecule has 3 heteroatoms. The molecule has 3 fully saturated rings. The maximum absolute atomic E-state index is 13.1. The predicted molar refractivity (Wildman–Crippen MR) is 119 cm³/mol. The second-order valence-electron chi connectivity index (χ2n) is 10.1. The average molecular weight is 413 g/mol. The van der Waals surface area contributed by atoms with Crippen LogP contribution in [0.2, 0.25) is 0 Å². The van der Waals surface area contributed by atoms with Crippen molar-refractivity contribution in [2.45, 2.75) is 77.0 Å². The third-order valence-electron chi connectivity index (χ3n) is 8.36. The Labute approximate surface area is 181 Å². The van der Waals surface area contributed by atoms with Crippen molar-refractivity contribution in [1.82, 2.24) is 0 Å². The van der Waals surface area contributed by atoms with E-state index in [9.17, 15) is 9.18 Å². The van der Waals surface area contributed by atoms with E-state index in [0.717, 1.165) is 37.0 Å². The Kier molecular flexibility index (Phi) is 7.28. The van der Waals surface area contributed by atoms with Crippen molar-refractivity contribution in [3.8, 4) is 5.75 Å². The highest BCUT2D eigenvalue weighted by molar-refractivity contribution is 5.75. The number of esters is 1. The summed E-state index contributed by atoms with van der Waals surface area (Å²) in [5.74, 6) is 3.91. The standard InChI is InChI=1S/C27H37FO2/c1-2-3-5-19-8-10-20(11-9-19)21-12-17-25-22(18-21)6-4-7-26(25)27(29)30-24-15-13-23(28)14-16-24/h2,13-16,19-22,25-26H,1,3-12,17-18H2. The molecule has 0 amide bonds. The molecule has 4 rings (SSSR count). The van der Waals surface area contributed by atoms with Crippen LogP contribution >= 0.6 is 0 Å². The van der Waals surface area contributed by atoms with Crippen molar-refractivity contribution in [3.05, 3.63) is 42.7 Å². The average Bonchev–Trinajstić information content (AvgIpc) is 2.78. The first kappa shape index (κ1) is 21.6. The van der Waals surface area contributed by atoms with Gasteiger partial charge in [-0.15, -0.1) is 6.58 Å². The van der Waals surface area contributed by atoms with Crippen molar-refractivity contribution in [1.29, 1.82) is 0 Å². The van der Waals surface area contributed by atoms with Gasteiger partial charge in [0.1, 0.15) is 11.6 Å². The molecule has 3 aliphatic rings. The molecule has 0 aromatic heterocycles. The Morgan fingerprint density at radius 3 is 2.43 bits per heavy atom. The van der Waals surface area contributed by atoms with Crippen LogP contribution in [0.25, 0.3) is 0 Å². The number of rotatable bonds is 6. The van der Waals surface area contributed by atoms with Crippen LogP contribution in [0.5, 0.6) is 5.75 Å². The molecular weight excluding hydrogens is 375 g/mol. The summed E-state index contributed by atoms with van der Waals surface area (Å²) in [7, 11) is 0. The number of allylic oxidation sites excluding steroid dienone is 1. The molecule has 1 aromatic rings. The van der Waals surface area contributed by atoms with E-state index in [4.69, 9.17) is 4.74 Å². The van der Waals surface area contributed by atoms with E-state index >= 15 is 0 Å². The van der Waals surface area contributed by atoms with Crippen LogP contribution in [0, 0.1) is 41.3 Å². The number of hydrogen-bond acceptors (Lipinski definition) is 2. The summed E-state index contributed by atoms with van der Waals surface area (Å²) < 4.78 is 18.8. The van der Waals surface area contributed by atoms with Crippen LogP contribution in [0.3, 0.4) is 0 Å². The maximum Gasteiger partial charge on any atom is 0.314 e. The highest BCUT2D eigenvalue weighted by atomic mass is 19.1. The molecule has 1 aromatic carbocycles. The Morgan fingerprint density at radius 2 is 1.70 bits per heavy atom. The normalized spacial score (nSPS) is 34.0. The summed E-state index contributed by atoms with van der Waals surface area (Å²) in [5, 5.41) is 0. The van der Waals surface area contributed by atoms with Crippen molar-refractivity contribution in [3.63, 3.8) is 0 Å². The summed E-state index contributed by atoms with van der Waals surface area (Å²) >= 11 is 0. The lowest BCUT2D eigenvalue weighted by Crippen LogP contribution is -2.40. The van der Waals surface area contributed by atoms with Crippen molar-refractivity contribution in [2.24, 2.45) is 35.5 Å². The molecule has 3 aliphatic carbocycles. The lowest BCUT2D eigenvalue weighted by Gasteiger charge is -2.46. The van der Waals surface area contributed by atoms with E-state index in [2.05, 4.69) is 12.7 Å². The number of halogens is 1. The van der Waals surface area contributed by atoms with Gasteiger partial charge in [-0.2, -0.15) is 0 Å². The lowest BCUT2D eigenvalue weighted by molar-refractivity contribution is -0.144. The summed E-state index contributed by atoms with van der Waals surface area (Å²) in [5.41, 5.74) is 0. The van der Waals surface area contributed by atoms with Crippen LogP contribution in [0.15, 0.2) is 36.9 Å². The van der Waals surface area contributed by atoms with Gasteiger partial charge in [-0.05, 0) is 105 Å². The number of fused-ring (bicyclic) bond motifs is 1. The second-order valence-corrected chi connectivity index (χ2v) is 10.1. The molecule has 0 radical (unpaired) electrons. The van der Waals surface area contributed by atoms with E-state index in [0.29, 0.717) is 17.6 Å². The summed E-state index contributed by atoms with van der Waals surface area (Å²) in [6, 6.07) is 5.80.